The van der Waals surface area contributed by atoms with Crippen molar-refractivity contribution in [3.8, 4) is 0 Å². The van der Waals surface area contributed by atoms with Crippen LogP contribution in [0.1, 0.15) is 12.6 Å². The molecule has 2 aromatic rings. The second-order valence-corrected chi connectivity index (χ2v) is 6.67. The maximum atomic E-state index is 5.89. The summed E-state index contributed by atoms with van der Waals surface area (Å²) < 4.78 is 0. The smallest absolute Gasteiger partial charge is 0.191 e. The van der Waals surface area contributed by atoms with Gasteiger partial charge in [-0.3, -0.25) is 9.98 Å². The first-order valence-electron chi connectivity index (χ1n) is 8.08. The molecule has 0 fully saturated rings. The first-order valence-corrected chi connectivity index (χ1v) is 9.44. The van der Waals surface area contributed by atoms with Gasteiger partial charge in [0.2, 0.25) is 0 Å². The number of rotatable bonds is 8. The Morgan fingerprint density at radius 3 is 2.71 bits per heavy atom. The van der Waals surface area contributed by atoms with Crippen LogP contribution in [0.2, 0.25) is 5.02 Å². The fraction of sp³-hybridized carbons (Fsp3) is 0.333. The first-order chi connectivity index (χ1) is 11.8. The summed E-state index contributed by atoms with van der Waals surface area (Å²) in [4.78, 5) is 10.1. The van der Waals surface area contributed by atoms with Crippen LogP contribution in [0.5, 0.6) is 0 Å². The maximum absolute atomic E-state index is 5.89. The van der Waals surface area contributed by atoms with Crippen LogP contribution >= 0.6 is 23.4 Å². The molecule has 0 aliphatic heterocycles. The predicted octanol–water partition coefficient (Wildman–Crippen LogP) is 3.62. The molecule has 0 aliphatic rings. The lowest BCUT2D eigenvalue weighted by atomic mass is 10.3. The van der Waals surface area contributed by atoms with Gasteiger partial charge in [-0.1, -0.05) is 17.7 Å². The zero-order valence-electron chi connectivity index (χ0n) is 13.8. The van der Waals surface area contributed by atoms with Gasteiger partial charge in [-0.2, -0.15) is 0 Å². The summed E-state index contributed by atoms with van der Waals surface area (Å²) in [7, 11) is 0. The summed E-state index contributed by atoms with van der Waals surface area (Å²) in [5.74, 6) is 1.82. The zero-order chi connectivity index (χ0) is 17.0. The molecule has 0 spiro atoms. The lowest BCUT2D eigenvalue weighted by Gasteiger charge is -2.11. The number of nitrogens with zero attached hydrogens (tertiary/aromatic N) is 2. The Morgan fingerprint density at radius 1 is 1.17 bits per heavy atom. The monoisotopic (exact) mass is 362 g/mol. The van der Waals surface area contributed by atoms with Crippen molar-refractivity contribution >= 4 is 29.3 Å². The van der Waals surface area contributed by atoms with E-state index in [1.165, 1.54) is 4.90 Å². The predicted molar refractivity (Wildman–Crippen MR) is 104 cm³/mol. The van der Waals surface area contributed by atoms with Gasteiger partial charge in [0.1, 0.15) is 0 Å². The molecule has 4 nitrogen and oxygen atoms in total. The third-order valence-corrected chi connectivity index (χ3v) is 4.45. The minimum absolute atomic E-state index is 0.719. The fourth-order valence-corrected chi connectivity index (χ4v) is 2.93. The summed E-state index contributed by atoms with van der Waals surface area (Å²) in [5.41, 5.74) is 1.07. The molecule has 24 heavy (non-hydrogen) atoms. The van der Waals surface area contributed by atoms with E-state index < -0.39 is 0 Å². The normalized spacial score (nSPS) is 11.3. The minimum Gasteiger partial charge on any atom is -0.357 e. The highest BCUT2D eigenvalue weighted by molar-refractivity contribution is 7.99. The fourth-order valence-electron chi connectivity index (χ4n) is 2.04. The molecule has 1 aromatic carbocycles. The van der Waals surface area contributed by atoms with Gasteiger partial charge < -0.3 is 10.6 Å². The van der Waals surface area contributed by atoms with E-state index in [2.05, 4.69) is 27.5 Å². The largest absolute Gasteiger partial charge is 0.357 e. The van der Waals surface area contributed by atoms with Crippen LogP contribution in [0.25, 0.3) is 0 Å². The van der Waals surface area contributed by atoms with E-state index >= 15 is 0 Å². The van der Waals surface area contributed by atoms with Crippen molar-refractivity contribution in [3.05, 3.63) is 59.4 Å². The molecule has 1 heterocycles. The lowest BCUT2D eigenvalue weighted by molar-refractivity contribution is 0.830. The summed E-state index contributed by atoms with van der Waals surface area (Å²) in [6.45, 7) is 4.48. The number of thioether (sulfide) groups is 1. The van der Waals surface area contributed by atoms with E-state index in [0.717, 1.165) is 48.5 Å². The Hall–Kier alpha value is -1.72. The van der Waals surface area contributed by atoms with Gasteiger partial charge in [0.05, 0.1) is 0 Å². The number of hydrogen-bond acceptors (Lipinski definition) is 3. The number of aromatic nitrogens is 1. The van der Waals surface area contributed by atoms with Crippen molar-refractivity contribution in [1.82, 2.24) is 15.6 Å². The maximum Gasteiger partial charge on any atom is 0.191 e. The van der Waals surface area contributed by atoms with Gasteiger partial charge in [-0.05, 0) is 43.3 Å². The molecule has 1 aromatic heterocycles. The summed E-state index contributed by atoms with van der Waals surface area (Å²) in [6.07, 6.45) is 2.66. The summed E-state index contributed by atoms with van der Waals surface area (Å²) in [5, 5.41) is 7.40. The molecular formula is C18H23ClN4S. The molecule has 2 N–H and O–H groups in total. The molecule has 6 heteroatoms. The van der Waals surface area contributed by atoms with Crippen LogP contribution in [0, 0.1) is 0 Å². The van der Waals surface area contributed by atoms with Gasteiger partial charge in [-0.15, -0.1) is 11.8 Å². The van der Waals surface area contributed by atoms with E-state index in [0.29, 0.717) is 0 Å². The Bertz CT molecular complexity index is 617. The number of guanidine groups is 1. The molecule has 0 radical (unpaired) electrons. The van der Waals surface area contributed by atoms with E-state index in [4.69, 9.17) is 11.6 Å². The van der Waals surface area contributed by atoms with Gasteiger partial charge in [0.25, 0.3) is 0 Å². The van der Waals surface area contributed by atoms with E-state index in [1.807, 2.05) is 48.7 Å². The second kappa shape index (κ2) is 10.9. The van der Waals surface area contributed by atoms with Gasteiger partial charge in [0.15, 0.2) is 5.96 Å². The van der Waals surface area contributed by atoms with Crippen LogP contribution in [-0.2, 0) is 6.42 Å². The Labute approximate surface area is 153 Å². The molecule has 0 saturated heterocycles. The molecular weight excluding hydrogens is 340 g/mol. The average molecular weight is 363 g/mol. The van der Waals surface area contributed by atoms with Crippen molar-refractivity contribution < 1.29 is 0 Å². The van der Waals surface area contributed by atoms with E-state index in [-0.39, 0.29) is 0 Å². The second-order valence-electron chi connectivity index (χ2n) is 5.06. The van der Waals surface area contributed by atoms with E-state index in [9.17, 15) is 0 Å². The molecule has 0 aliphatic carbocycles. The highest BCUT2D eigenvalue weighted by atomic mass is 35.5. The van der Waals surface area contributed by atoms with Crippen molar-refractivity contribution in [3.63, 3.8) is 0 Å². The number of halogens is 1. The highest BCUT2D eigenvalue weighted by Crippen LogP contribution is 2.19. The van der Waals surface area contributed by atoms with Crippen molar-refractivity contribution in [1.29, 1.82) is 0 Å². The first kappa shape index (κ1) is 18.6. The summed E-state index contributed by atoms with van der Waals surface area (Å²) >= 11 is 7.69. The number of benzene rings is 1. The number of nitrogens with one attached hydrogen (secondary N) is 2. The molecule has 128 valence electrons. The van der Waals surface area contributed by atoms with Crippen molar-refractivity contribution in [2.75, 3.05) is 25.4 Å². The number of pyridine rings is 1. The quantitative estimate of drug-likeness (QED) is 0.326. The molecule has 0 amide bonds. The van der Waals surface area contributed by atoms with Crippen LogP contribution in [0.3, 0.4) is 0 Å². The molecule has 0 saturated carbocycles. The Kier molecular flexibility index (Phi) is 8.49. The van der Waals surface area contributed by atoms with Crippen LogP contribution in [-0.4, -0.2) is 36.3 Å². The molecule has 2 rings (SSSR count). The van der Waals surface area contributed by atoms with Crippen LogP contribution in [0.4, 0.5) is 0 Å². The topological polar surface area (TPSA) is 49.3 Å². The Balaban J connectivity index is 1.71. The SMILES string of the molecule is CCNC(=NCCc1ccccn1)NCCSc1ccc(Cl)cc1. The zero-order valence-corrected chi connectivity index (χ0v) is 15.4. The van der Waals surface area contributed by atoms with Crippen LogP contribution in [0.15, 0.2) is 58.5 Å². The molecule has 0 unspecified atom stereocenters. The highest BCUT2D eigenvalue weighted by Gasteiger charge is 1.99. The third kappa shape index (κ3) is 7.23. The van der Waals surface area contributed by atoms with E-state index in [1.54, 1.807) is 11.8 Å². The Morgan fingerprint density at radius 2 is 2.00 bits per heavy atom. The van der Waals surface area contributed by atoms with Crippen molar-refractivity contribution in [2.24, 2.45) is 4.99 Å². The third-order valence-electron chi connectivity index (χ3n) is 3.19. The van der Waals surface area contributed by atoms with Gasteiger partial charge >= 0.3 is 0 Å². The van der Waals surface area contributed by atoms with Crippen LogP contribution < -0.4 is 10.6 Å². The number of aliphatic imine (C=N–C) groups is 1. The lowest BCUT2D eigenvalue weighted by Crippen LogP contribution is -2.38. The van der Waals surface area contributed by atoms with Crippen molar-refractivity contribution in [2.45, 2.75) is 18.2 Å². The molecule has 0 bridgehead atoms. The minimum atomic E-state index is 0.719. The number of hydrogen-bond donors (Lipinski definition) is 2. The van der Waals surface area contributed by atoms with Gasteiger partial charge in [0, 0.05) is 53.6 Å². The average Bonchev–Trinajstić information content (AvgIpc) is 2.61. The standard InChI is InChI=1S/C18H23ClN4S/c1-2-20-18(22-12-10-16-5-3-4-11-21-16)23-13-14-24-17-8-6-15(19)7-9-17/h3-9,11H,2,10,12-14H2,1H3,(H2,20,22,23). The van der Waals surface area contributed by atoms with Gasteiger partial charge in [-0.25, -0.2) is 0 Å². The molecule has 0 atom stereocenters. The summed E-state index contributed by atoms with van der Waals surface area (Å²) in [6, 6.07) is 13.9.